The predicted molar refractivity (Wildman–Crippen MR) is 111 cm³/mol. The second-order valence-electron chi connectivity index (χ2n) is 6.13. The number of anilines is 2. The number of nitrogens with one attached hydrogen (secondary N) is 2. The molecule has 30 heavy (non-hydrogen) atoms. The quantitative estimate of drug-likeness (QED) is 0.302. The van der Waals surface area contributed by atoms with Crippen molar-refractivity contribution in [3.63, 3.8) is 0 Å². The van der Waals surface area contributed by atoms with E-state index >= 15 is 0 Å². The molecule has 156 valence electrons. The Morgan fingerprint density at radius 1 is 1.27 bits per heavy atom. The van der Waals surface area contributed by atoms with Crippen LogP contribution in [0.15, 0.2) is 42.5 Å². The fraction of sp³-hybridized carbons (Fsp3) is 0.211. The zero-order valence-electron chi connectivity index (χ0n) is 15.9. The van der Waals surface area contributed by atoms with Gasteiger partial charge in [0.15, 0.2) is 0 Å². The monoisotopic (exact) mass is 431 g/mol. The zero-order chi connectivity index (χ0) is 21.5. The molecule has 0 aliphatic carbocycles. The number of benzene rings is 2. The first-order chi connectivity index (χ1) is 14.5. The summed E-state index contributed by atoms with van der Waals surface area (Å²) < 4.78 is 18.7. The number of amides is 1. The SMILES string of the molecule is COCCNc1ccc(C(=O)Nc2nnc(Cc3ccccc3F)s2)cc1[N+](=O)[O-]. The first-order valence-corrected chi connectivity index (χ1v) is 9.68. The van der Waals surface area contributed by atoms with E-state index in [4.69, 9.17) is 4.74 Å². The Morgan fingerprint density at radius 3 is 2.80 bits per heavy atom. The normalized spacial score (nSPS) is 10.6. The Hall–Kier alpha value is -3.44. The molecule has 0 aliphatic rings. The van der Waals surface area contributed by atoms with E-state index in [2.05, 4.69) is 20.8 Å². The van der Waals surface area contributed by atoms with Gasteiger partial charge >= 0.3 is 0 Å². The molecule has 11 heteroatoms. The van der Waals surface area contributed by atoms with E-state index in [-0.39, 0.29) is 34.3 Å². The Morgan fingerprint density at radius 2 is 2.07 bits per heavy atom. The van der Waals surface area contributed by atoms with Gasteiger partial charge in [0.2, 0.25) is 5.13 Å². The lowest BCUT2D eigenvalue weighted by Gasteiger charge is -2.08. The number of carbonyl (C=O) groups excluding carboxylic acids is 1. The molecular formula is C19H18FN5O4S. The van der Waals surface area contributed by atoms with Gasteiger partial charge in [0.1, 0.15) is 16.5 Å². The van der Waals surface area contributed by atoms with Gasteiger partial charge in [-0.1, -0.05) is 29.5 Å². The van der Waals surface area contributed by atoms with Crippen LogP contribution in [0.3, 0.4) is 0 Å². The number of nitro groups is 1. The largest absolute Gasteiger partial charge is 0.383 e. The molecule has 2 N–H and O–H groups in total. The average molecular weight is 431 g/mol. The van der Waals surface area contributed by atoms with Gasteiger partial charge in [-0.25, -0.2) is 4.39 Å². The summed E-state index contributed by atoms with van der Waals surface area (Å²) in [5, 5.41) is 25.4. The van der Waals surface area contributed by atoms with Crippen molar-refractivity contribution in [2.75, 3.05) is 30.9 Å². The minimum atomic E-state index is -0.566. The molecule has 1 amide bonds. The highest BCUT2D eigenvalue weighted by molar-refractivity contribution is 7.15. The highest BCUT2D eigenvalue weighted by Crippen LogP contribution is 2.26. The number of carbonyl (C=O) groups is 1. The molecule has 0 fully saturated rings. The predicted octanol–water partition coefficient (Wildman–Crippen LogP) is 3.49. The van der Waals surface area contributed by atoms with E-state index in [9.17, 15) is 19.3 Å². The van der Waals surface area contributed by atoms with Crippen LogP contribution < -0.4 is 10.6 Å². The molecule has 1 aromatic heterocycles. The number of hydrogen-bond donors (Lipinski definition) is 2. The lowest BCUT2D eigenvalue weighted by Crippen LogP contribution is -2.13. The van der Waals surface area contributed by atoms with Gasteiger partial charge in [-0.15, -0.1) is 10.2 Å². The van der Waals surface area contributed by atoms with Crippen LogP contribution >= 0.6 is 11.3 Å². The van der Waals surface area contributed by atoms with Crippen LogP contribution in [0.25, 0.3) is 0 Å². The summed E-state index contributed by atoms with van der Waals surface area (Å²) in [7, 11) is 1.53. The second kappa shape index (κ2) is 9.85. The molecule has 2 aromatic carbocycles. The number of hydrogen-bond acceptors (Lipinski definition) is 8. The fourth-order valence-electron chi connectivity index (χ4n) is 2.61. The van der Waals surface area contributed by atoms with Crippen molar-refractivity contribution in [1.82, 2.24) is 10.2 Å². The minimum Gasteiger partial charge on any atom is -0.383 e. The molecule has 3 aromatic rings. The number of nitrogens with zero attached hydrogens (tertiary/aromatic N) is 3. The van der Waals surface area contributed by atoms with Crippen molar-refractivity contribution in [3.05, 3.63) is 74.5 Å². The van der Waals surface area contributed by atoms with Crippen LogP contribution in [0, 0.1) is 15.9 Å². The molecule has 0 bridgehead atoms. The first kappa shape index (κ1) is 21.3. The Labute approximate surface area is 175 Å². The van der Waals surface area contributed by atoms with Gasteiger partial charge in [-0.3, -0.25) is 20.2 Å². The number of rotatable bonds is 9. The number of halogens is 1. The van der Waals surface area contributed by atoms with Gasteiger partial charge < -0.3 is 10.1 Å². The van der Waals surface area contributed by atoms with E-state index in [0.29, 0.717) is 23.7 Å². The third-order valence-electron chi connectivity index (χ3n) is 4.07. The van der Waals surface area contributed by atoms with Crippen molar-refractivity contribution < 1.29 is 18.8 Å². The summed E-state index contributed by atoms with van der Waals surface area (Å²) in [5.74, 6) is -0.903. The van der Waals surface area contributed by atoms with E-state index in [1.807, 2.05) is 0 Å². The molecule has 0 aliphatic heterocycles. The molecule has 0 saturated carbocycles. The molecule has 0 spiro atoms. The lowest BCUT2D eigenvalue weighted by molar-refractivity contribution is -0.384. The molecule has 9 nitrogen and oxygen atoms in total. The summed E-state index contributed by atoms with van der Waals surface area (Å²) in [6, 6.07) is 10.5. The van der Waals surface area contributed by atoms with E-state index < -0.39 is 10.8 Å². The molecule has 3 rings (SSSR count). The van der Waals surface area contributed by atoms with Crippen LogP contribution in [-0.2, 0) is 11.2 Å². The maximum Gasteiger partial charge on any atom is 0.293 e. The smallest absolute Gasteiger partial charge is 0.293 e. The molecule has 1 heterocycles. The summed E-state index contributed by atoms with van der Waals surface area (Å²) in [6.45, 7) is 0.768. The third kappa shape index (κ3) is 5.33. The van der Waals surface area contributed by atoms with Gasteiger partial charge in [0, 0.05) is 31.7 Å². The number of methoxy groups -OCH3 is 1. The Kier molecular flexibility index (Phi) is 6.99. The Bertz CT molecular complexity index is 1060. The molecule has 0 unspecified atom stereocenters. The summed E-state index contributed by atoms with van der Waals surface area (Å²) in [5.41, 5.74) is 0.636. The minimum absolute atomic E-state index is 0.102. The lowest BCUT2D eigenvalue weighted by atomic mass is 10.1. The van der Waals surface area contributed by atoms with Crippen LogP contribution in [0.2, 0.25) is 0 Å². The molecular weight excluding hydrogens is 413 g/mol. The van der Waals surface area contributed by atoms with E-state index in [1.165, 1.54) is 31.4 Å². The van der Waals surface area contributed by atoms with Crippen molar-refractivity contribution in [1.29, 1.82) is 0 Å². The number of nitro benzene ring substituents is 1. The highest BCUT2D eigenvalue weighted by Gasteiger charge is 2.18. The molecule has 0 atom stereocenters. The van der Waals surface area contributed by atoms with Crippen molar-refractivity contribution in [3.8, 4) is 0 Å². The van der Waals surface area contributed by atoms with Gasteiger partial charge in [-0.2, -0.15) is 0 Å². The van der Waals surface area contributed by atoms with E-state index in [0.717, 1.165) is 11.3 Å². The maximum absolute atomic E-state index is 13.8. The summed E-state index contributed by atoms with van der Waals surface area (Å²) >= 11 is 1.11. The van der Waals surface area contributed by atoms with Crippen LogP contribution in [0.5, 0.6) is 0 Å². The number of aromatic nitrogens is 2. The first-order valence-electron chi connectivity index (χ1n) is 8.86. The molecule has 0 radical (unpaired) electrons. The fourth-order valence-corrected chi connectivity index (χ4v) is 3.37. The van der Waals surface area contributed by atoms with Crippen molar-refractivity contribution >= 4 is 33.8 Å². The zero-order valence-corrected chi connectivity index (χ0v) is 16.7. The van der Waals surface area contributed by atoms with Crippen LogP contribution in [0.1, 0.15) is 20.9 Å². The van der Waals surface area contributed by atoms with Crippen molar-refractivity contribution in [2.24, 2.45) is 0 Å². The van der Waals surface area contributed by atoms with Gasteiger partial charge in [0.05, 0.1) is 11.5 Å². The van der Waals surface area contributed by atoms with Crippen LogP contribution in [0.4, 0.5) is 20.9 Å². The van der Waals surface area contributed by atoms with Gasteiger partial charge in [0.25, 0.3) is 11.6 Å². The van der Waals surface area contributed by atoms with Crippen molar-refractivity contribution in [2.45, 2.75) is 6.42 Å². The summed E-state index contributed by atoms with van der Waals surface area (Å²) in [4.78, 5) is 23.3. The standard InChI is InChI=1S/C19H18FN5O4S/c1-29-9-8-21-15-7-6-13(10-16(15)25(27)28)18(26)22-19-24-23-17(30-19)11-12-4-2-3-5-14(12)20/h2-7,10,21H,8-9,11H2,1H3,(H,22,24,26). The second-order valence-corrected chi connectivity index (χ2v) is 7.19. The highest BCUT2D eigenvalue weighted by atomic mass is 32.1. The maximum atomic E-state index is 13.8. The average Bonchev–Trinajstić information content (AvgIpc) is 3.16. The molecule has 0 saturated heterocycles. The Balaban J connectivity index is 1.70. The summed E-state index contributed by atoms with van der Waals surface area (Å²) in [6.07, 6.45) is 0.244. The van der Waals surface area contributed by atoms with Gasteiger partial charge in [-0.05, 0) is 23.8 Å². The number of ether oxygens (including phenoxy) is 1. The van der Waals surface area contributed by atoms with Crippen LogP contribution in [-0.4, -0.2) is 41.3 Å². The topological polar surface area (TPSA) is 119 Å². The van der Waals surface area contributed by atoms with E-state index in [1.54, 1.807) is 18.2 Å². The third-order valence-corrected chi connectivity index (χ3v) is 4.90.